The number of phosphoric acid groups is 1. The van der Waals surface area contributed by atoms with Gasteiger partial charge >= 0.3 is 48.7 Å². The molecule has 0 fully saturated rings. The van der Waals surface area contributed by atoms with Crippen LogP contribution in [0.4, 0.5) is 17.1 Å². The van der Waals surface area contributed by atoms with Crippen LogP contribution < -0.4 is 15.2 Å². The first-order valence-corrected chi connectivity index (χ1v) is 17.3. The predicted octanol–water partition coefficient (Wildman–Crippen LogP) is 9.23. The van der Waals surface area contributed by atoms with Crippen molar-refractivity contribution >= 4 is 24.9 Å². The van der Waals surface area contributed by atoms with Crippen molar-refractivity contribution in [2.75, 3.05) is 36.5 Å². The van der Waals surface area contributed by atoms with Gasteiger partial charge in [0.15, 0.2) is 0 Å². The molecule has 3 aromatic rings. The second-order valence-electron chi connectivity index (χ2n) is 14.4. The molecule has 0 bridgehead atoms. The number of hydroxylamine groups is 3. The molecule has 49 heavy (non-hydrogen) atoms. The maximum atomic E-state index is 13.3. The van der Waals surface area contributed by atoms with Gasteiger partial charge in [0, 0.05) is 74.6 Å². The third-order valence-electron chi connectivity index (χ3n) is 7.31. The van der Waals surface area contributed by atoms with Crippen molar-refractivity contribution in [2.45, 2.75) is 98.6 Å². The standard InChI is InChI=1S/C33H45N4O3.C3H9O4P.Nd/c1-31(2,3)35(38)28-19-13-10-16-25(28)22-34(23-26-17-11-14-20-29(26)36(39)32(4,5)6)24-27-18-12-15-21-30(27)37(40)33(7,8)9;1-5-8(4,6-2)7-3;/h10-21H,22-24H2,1-9H3;1-3H3;/q-3;;+3. The van der Waals surface area contributed by atoms with E-state index < -0.39 is 24.4 Å². The van der Waals surface area contributed by atoms with Crippen molar-refractivity contribution in [1.82, 2.24) is 4.90 Å². The van der Waals surface area contributed by atoms with Gasteiger partial charge in [-0.1, -0.05) is 54.6 Å². The SMILES string of the molecule is CC(C)(C)N([O-])c1ccccc1CN(Cc1ccccc1N([O-])C(C)(C)C)Cc1ccccc1N([O-])C(C)(C)C.COP(=O)(OC)OC.[Nd+3]. The molecule has 0 aliphatic rings. The number of benzene rings is 3. The number of hydrogen-bond acceptors (Lipinski definition) is 11. The van der Waals surface area contributed by atoms with Crippen LogP contribution in [0.25, 0.3) is 0 Å². The molecule has 0 atom stereocenters. The van der Waals surface area contributed by atoms with E-state index in [9.17, 15) is 20.2 Å². The Hall–Kier alpha value is -1.64. The zero-order valence-electron chi connectivity index (χ0n) is 31.1. The Kier molecular flexibility index (Phi) is 17.8. The summed E-state index contributed by atoms with van der Waals surface area (Å²) >= 11 is 0. The van der Waals surface area contributed by atoms with E-state index in [1.807, 2.05) is 135 Å². The Morgan fingerprint density at radius 1 is 0.510 bits per heavy atom. The number of hydrogen-bond donors (Lipinski definition) is 0. The monoisotopic (exact) mass is 827 g/mol. The molecule has 0 saturated heterocycles. The van der Waals surface area contributed by atoms with E-state index in [1.165, 1.54) is 21.3 Å². The molecule has 1 radical (unpaired) electrons. The van der Waals surface area contributed by atoms with Crippen LogP contribution in [0.2, 0.25) is 0 Å². The van der Waals surface area contributed by atoms with Gasteiger partial charge in [0.05, 0.1) is 0 Å². The summed E-state index contributed by atoms with van der Waals surface area (Å²) in [6, 6.07) is 22.9. The van der Waals surface area contributed by atoms with Crippen molar-refractivity contribution in [3.8, 4) is 0 Å². The average molecular weight is 830 g/mol. The van der Waals surface area contributed by atoms with Crippen LogP contribution >= 0.6 is 7.82 Å². The van der Waals surface area contributed by atoms with Crippen LogP contribution in [0.5, 0.6) is 0 Å². The Morgan fingerprint density at radius 2 is 0.735 bits per heavy atom. The normalized spacial score (nSPS) is 12.2. The average Bonchev–Trinajstić information content (AvgIpc) is 3.03. The molecule has 0 aromatic heterocycles. The number of rotatable bonds is 12. The van der Waals surface area contributed by atoms with Gasteiger partial charge in [0.1, 0.15) is 0 Å². The summed E-state index contributed by atoms with van der Waals surface area (Å²) in [4.78, 5) is 2.19. The van der Waals surface area contributed by atoms with Crippen LogP contribution in [0.15, 0.2) is 72.8 Å². The molecule has 0 amide bonds. The Labute approximate surface area is 326 Å². The van der Waals surface area contributed by atoms with Gasteiger partial charge < -0.3 is 30.8 Å². The maximum absolute atomic E-state index is 13.3. The van der Waals surface area contributed by atoms with E-state index in [4.69, 9.17) is 0 Å². The summed E-state index contributed by atoms with van der Waals surface area (Å²) in [6.45, 7) is 18.4. The summed E-state index contributed by atoms with van der Waals surface area (Å²) in [5.41, 5.74) is 2.67. The fourth-order valence-electron chi connectivity index (χ4n) is 4.73. The minimum atomic E-state index is -3.16. The van der Waals surface area contributed by atoms with Crippen LogP contribution in [0.1, 0.15) is 79.0 Å². The van der Waals surface area contributed by atoms with Gasteiger partial charge in [-0.2, -0.15) is 0 Å². The topological polar surface area (TPSA) is 127 Å². The third-order valence-corrected chi connectivity index (χ3v) is 8.65. The Balaban J connectivity index is 0.00000119. The number of phosphoric ester groups is 1. The molecule has 0 aliphatic carbocycles. The molecular formula is C36H54N4NdO7P. The van der Waals surface area contributed by atoms with Crippen LogP contribution in [-0.2, 0) is 37.8 Å². The van der Waals surface area contributed by atoms with E-state index in [0.717, 1.165) is 31.9 Å². The largest absolute Gasteiger partial charge is 3.00 e. The number of anilines is 3. The summed E-state index contributed by atoms with van der Waals surface area (Å²) in [5.74, 6) is 0. The van der Waals surface area contributed by atoms with Gasteiger partial charge in [-0.3, -0.25) is 18.5 Å². The summed E-state index contributed by atoms with van der Waals surface area (Å²) in [5, 5.41) is 43.1. The molecular weight excluding hydrogens is 776 g/mol. The van der Waals surface area contributed by atoms with E-state index >= 15 is 0 Å². The van der Waals surface area contributed by atoms with Gasteiger partial charge in [-0.25, -0.2) is 4.57 Å². The second kappa shape index (κ2) is 19.3. The van der Waals surface area contributed by atoms with Crippen LogP contribution in [-0.4, -0.2) is 42.8 Å². The molecule has 0 unspecified atom stereocenters. The number of nitrogens with zero attached hydrogens (tertiary/aromatic N) is 4. The fourth-order valence-corrected chi connectivity index (χ4v) is 5.17. The minimum Gasteiger partial charge on any atom is -0.758 e. The van der Waals surface area contributed by atoms with E-state index in [0.29, 0.717) is 36.7 Å². The molecule has 0 N–H and O–H groups in total. The first-order valence-electron chi connectivity index (χ1n) is 15.8. The van der Waals surface area contributed by atoms with E-state index in [2.05, 4.69) is 18.5 Å². The summed E-state index contributed by atoms with van der Waals surface area (Å²) in [6.07, 6.45) is 0. The molecule has 11 nitrogen and oxygen atoms in total. The Bertz CT molecular complexity index is 1320. The molecule has 0 spiro atoms. The van der Waals surface area contributed by atoms with Gasteiger partial charge in [-0.05, 0) is 97.2 Å². The molecule has 0 heterocycles. The van der Waals surface area contributed by atoms with Gasteiger partial charge in [0.25, 0.3) is 0 Å². The Morgan fingerprint density at radius 3 is 0.918 bits per heavy atom. The molecule has 0 saturated carbocycles. The zero-order chi connectivity index (χ0) is 36.5. The summed E-state index contributed by atoms with van der Waals surface area (Å²) < 4.78 is 23.7. The maximum Gasteiger partial charge on any atom is 3.00 e. The van der Waals surface area contributed by atoms with Crippen LogP contribution in [0.3, 0.4) is 0 Å². The molecule has 3 rings (SSSR count). The second-order valence-corrected chi connectivity index (χ2v) is 16.4. The van der Waals surface area contributed by atoms with Crippen molar-refractivity contribution in [2.24, 2.45) is 0 Å². The smallest absolute Gasteiger partial charge is 0.758 e. The van der Waals surface area contributed by atoms with Gasteiger partial charge in [-0.15, -0.1) is 0 Å². The van der Waals surface area contributed by atoms with E-state index in [-0.39, 0.29) is 40.8 Å². The quantitative estimate of drug-likeness (QED) is 0.128. The summed E-state index contributed by atoms with van der Waals surface area (Å²) in [7, 11) is 0.611. The van der Waals surface area contributed by atoms with E-state index in [1.54, 1.807) is 0 Å². The van der Waals surface area contributed by atoms with Gasteiger partial charge in [0.2, 0.25) is 0 Å². The minimum absolute atomic E-state index is 0. The first kappa shape index (κ1) is 45.4. The molecule has 13 heteroatoms. The first-order chi connectivity index (χ1) is 22.2. The zero-order valence-corrected chi connectivity index (χ0v) is 35.2. The van der Waals surface area contributed by atoms with Crippen molar-refractivity contribution < 1.29 is 59.0 Å². The molecule has 3 aromatic carbocycles. The fraction of sp³-hybridized carbons (Fsp3) is 0.500. The van der Waals surface area contributed by atoms with Crippen LogP contribution in [0, 0.1) is 56.5 Å². The molecule has 269 valence electrons. The molecule has 0 aliphatic heterocycles. The van der Waals surface area contributed by atoms with Crippen molar-refractivity contribution in [3.63, 3.8) is 0 Å². The number of para-hydroxylation sites is 3. The third kappa shape index (κ3) is 13.4. The van der Waals surface area contributed by atoms with Crippen molar-refractivity contribution in [1.29, 1.82) is 0 Å². The van der Waals surface area contributed by atoms with Crippen molar-refractivity contribution in [3.05, 3.63) is 105 Å². The predicted molar refractivity (Wildman–Crippen MR) is 198 cm³/mol.